The Kier molecular flexibility index (Phi) is 5.34. The Balaban J connectivity index is 1.33. The molecule has 3 aromatic heterocycles. The van der Waals surface area contributed by atoms with E-state index in [1.807, 2.05) is 43.5 Å². The molecule has 2 N–H and O–H groups in total. The van der Waals surface area contributed by atoms with Crippen LogP contribution >= 0.6 is 11.3 Å². The minimum Gasteiger partial charge on any atom is -0.485 e. The zero-order valence-electron chi connectivity index (χ0n) is 15.4. The van der Waals surface area contributed by atoms with Crippen molar-refractivity contribution in [1.29, 1.82) is 0 Å². The molecule has 0 aliphatic heterocycles. The van der Waals surface area contributed by atoms with Gasteiger partial charge in [0.2, 0.25) is 0 Å². The van der Waals surface area contributed by atoms with E-state index in [1.165, 1.54) is 22.3 Å². The van der Waals surface area contributed by atoms with Crippen molar-refractivity contribution in [2.75, 3.05) is 6.54 Å². The molecule has 0 aliphatic rings. The number of carbonyl (C=O) groups is 1. The lowest BCUT2D eigenvalue weighted by Gasteiger charge is -2.04. The molecule has 4 rings (SSSR count). The van der Waals surface area contributed by atoms with Crippen LogP contribution in [0.5, 0.6) is 5.75 Å². The molecule has 0 saturated carbocycles. The predicted octanol–water partition coefficient (Wildman–Crippen LogP) is 3.88. The van der Waals surface area contributed by atoms with E-state index in [-0.39, 0.29) is 5.91 Å². The fourth-order valence-corrected chi connectivity index (χ4v) is 3.93. The first-order valence-electron chi connectivity index (χ1n) is 9.03. The number of nitrogens with zero attached hydrogens (tertiary/aromatic N) is 2. The summed E-state index contributed by atoms with van der Waals surface area (Å²) in [6.45, 7) is 2.73. The number of hydrogen-bond donors (Lipinski definition) is 2. The van der Waals surface area contributed by atoms with E-state index < -0.39 is 0 Å². The Labute approximate surface area is 166 Å². The summed E-state index contributed by atoms with van der Waals surface area (Å²) in [7, 11) is 0. The molecular formula is C21H20N4O2S. The molecule has 0 radical (unpaired) electrons. The third-order valence-electron chi connectivity index (χ3n) is 4.40. The molecule has 28 heavy (non-hydrogen) atoms. The second-order valence-electron chi connectivity index (χ2n) is 6.36. The molecule has 0 saturated heterocycles. The van der Waals surface area contributed by atoms with Crippen LogP contribution in [0.25, 0.3) is 10.9 Å². The number of para-hydroxylation sites is 1. The second-order valence-corrected chi connectivity index (χ2v) is 7.45. The minimum absolute atomic E-state index is 0.0949. The van der Waals surface area contributed by atoms with Crippen LogP contribution in [0.1, 0.15) is 25.9 Å². The maximum Gasteiger partial charge on any atom is 0.263 e. The number of fused-ring (bicyclic) bond motifs is 1. The molecule has 0 fully saturated rings. The van der Waals surface area contributed by atoms with E-state index in [1.54, 1.807) is 12.4 Å². The van der Waals surface area contributed by atoms with Gasteiger partial charge in [0.15, 0.2) is 0 Å². The number of thiazole rings is 1. The van der Waals surface area contributed by atoms with Crippen molar-refractivity contribution < 1.29 is 9.53 Å². The Bertz CT molecular complexity index is 1090. The van der Waals surface area contributed by atoms with Gasteiger partial charge >= 0.3 is 0 Å². The number of H-pyrrole nitrogens is 1. The summed E-state index contributed by atoms with van der Waals surface area (Å²) in [5.41, 5.74) is 3.03. The van der Waals surface area contributed by atoms with E-state index in [2.05, 4.69) is 26.3 Å². The summed E-state index contributed by atoms with van der Waals surface area (Å²) in [6.07, 6.45) is 6.12. The highest BCUT2D eigenvalue weighted by molar-refractivity contribution is 7.13. The lowest BCUT2D eigenvalue weighted by molar-refractivity contribution is 0.0957. The lowest BCUT2D eigenvalue weighted by atomic mass is 10.1. The first kappa shape index (κ1) is 18.2. The maximum atomic E-state index is 12.5. The number of hydrogen-bond acceptors (Lipinski definition) is 5. The molecule has 0 bridgehead atoms. The fourth-order valence-electron chi connectivity index (χ4n) is 3.03. The van der Waals surface area contributed by atoms with E-state index in [4.69, 9.17) is 4.74 Å². The molecule has 0 unspecified atom stereocenters. The summed E-state index contributed by atoms with van der Waals surface area (Å²) in [5.74, 6) is 0.586. The smallest absolute Gasteiger partial charge is 0.263 e. The highest BCUT2D eigenvalue weighted by Gasteiger charge is 2.15. The van der Waals surface area contributed by atoms with Crippen LogP contribution in [0, 0.1) is 6.92 Å². The highest BCUT2D eigenvalue weighted by atomic mass is 32.1. The third-order valence-corrected chi connectivity index (χ3v) is 5.53. The van der Waals surface area contributed by atoms with Gasteiger partial charge in [-0.2, -0.15) is 0 Å². The van der Waals surface area contributed by atoms with Gasteiger partial charge in [-0.25, -0.2) is 4.98 Å². The number of nitrogens with one attached hydrogen (secondary N) is 2. The van der Waals surface area contributed by atoms with Crippen LogP contribution in [0.3, 0.4) is 0 Å². The normalized spacial score (nSPS) is 10.9. The maximum absolute atomic E-state index is 12.5. The van der Waals surface area contributed by atoms with Crippen molar-refractivity contribution in [1.82, 2.24) is 20.3 Å². The van der Waals surface area contributed by atoms with E-state index in [9.17, 15) is 4.79 Å². The zero-order chi connectivity index (χ0) is 19.3. The van der Waals surface area contributed by atoms with Gasteiger partial charge in [-0.1, -0.05) is 18.2 Å². The number of amides is 1. The molecule has 0 spiro atoms. The van der Waals surface area contributed by atoms with E-state index in [0.717, 1.165) is 22.6 Å². The van der Waals surface area contributed by atoms with Crippen molar-refractivity contribution in [2.45, 2.75) is 20.0 Å². The molecule has 0 aliphatic carbocycles. The molecule has 1 amide bonds. The van der Waals surface area contributed by atoms with Crippen LogP contribution in [-0.2, 0) is 13.0 Å². The lowest BCUT2D eigenvalue weighted by Crippen LogP contribution is -2.25. The summed E-state index contributed by atoms with van der Waals surface area (Å²) in [6, 6.07) is 11.8. The number of rotatable bonds is 7. The summed E-state index contributed by atoms with van der Waals surface area (Å²) >= 11 is 1.36. The average molecular weight is 392 g/mol. The van der Waals surface area contributed by atoms with Gasteiger partial charge < -0.3 is 15.0 Å². The number of aryl methyl sites for hydroxylation is 1. The van der Waals surface area contributed by atoms with Crippen LogP contribution in [0.2, 0.25) is 0 Å². The van der Waals surface area contributed by atoms with Crippen molar-refractivity contribution in [2.24, 2.45) is 0 Å². The number of aromatic amines is 1. The molecule has 142 valence electrons. The van der Waals surface area contributed by atoms with Crippen molar-refractivity contribution in [3.05, 3.63) is 76.1 Å². The fraction of sp³-hybridized carbons (Fsp3) is 0.190. The van der Waals surface area contributed by atoms with Crippen LogP contribution in [0.4, 0.5) is 0 Å². The van der Waals surface area contributed by atoms with E-state index in [0.29, 0.717) is 23.8 Å². The molecule has 0 atom stereocenters. The van der Waals surface area contributed by atoms with Gasteiger partial charge in [0.25, 0.3) is 5.91 Å². The molecule has 7 heteroatoms. The third kappa shape index (κ3) is 4.04. The monoisotopic (exact) mass is 392 g/mol. The SMILES string of the molecule is Cc1nc(COc2cccnc2)sc1C(=O)NCCc1c[nH]c2ccccc12. The predicted molar refractivity (Wildman–Crippen MR) is 110 cm³/mol. The van der Waals surface area contributed by atoms with Gasteiger partial charge in [-0.15, -0.1) is 11.3 Å². The molecule has 6 nitrogen and oxygen atoms in total. The first-order valence-corrected chi connectivity index (χ1v) is 9.84. The molecule has 4 aromatic rings. The zero-order valence-corrected chi connectivity index (χ0v) is 16.3. The van der Waals surface area contributed by atoms with Gasteiger partial charge in [-0.05, 0) is 37.1 Å². The Morgan fingerprint density at radius 2 is 2.14 bits per heavy atom. The van der Waals surface area contributed by atoms with Gasteiger partial charge in [-0.3, -0.25) is 9.78 Å². The molecular weight excluding hydrogens is 372 g/mol. The van der Waals surface area contributed by atoms with Crippen LogP contribution in [0.15, 0.2) is 55.0 Å². The Morgan fingerprint density at radius 1 is 1.25 bits per heavy atom. The second kappa shape index (κ2) is 8.22. The van der Waals surface area contributed by atoms with Gasteiger partial charge in [0.1, 0.15) is 22.2 Å². The number of ether oxygens (including phenoxy) is 1. The number of pyridine rings is 1. The number of aromatic nitrogens is 3. The van der Waals surface area contributed by atoms with Gasteiger partial charge in [0.05, 0.1) is 11.9 Å². The summed E-state index contributed by atoms with van der Waals surface area (Å²) in [4.78, 5) is 24.9. The Hall–Kier alpha value is -3.19. The van der Waals surface area contributed by atoms with E-state index >= 15 is 0 Å². The summed E-state index contributed by atoms with van der Waals surface area (Å²) in [5, 5.41) is 4.96. The largest absolute Gasteiger partial charge is 0.485 e. The van der Waals surface area contributed by atoms with Crippen molar-refractivity contribution >= 4 is 28.1 Å². The molecule has 3 heterocycles. The van der Waals surface area contributed by atoms with Crippen molar-refractivity contribution in [3.8, 4) is 5.75 Å². The number of carbonyl (C=O) groups excluding carboxylic acids is 1. The Morgan fingerprint density at radius 3 is 3.00 bits per heavy atom. The molecule has 1 aromatic carbocycles. The number of benzene rings is 1. The van der Waals surface area contributed by atoms with Crippen LogP contribution in [-0.4, -0.2) is 27.4 Å². The quantitative estimate of drug-likeness (QED) is 0.500. The summed E-state index contributed by atoms with van der Waals surface area (Å²) < 4.78 is 5.66. The standard InChI is InChI=1S/C21H20N4O2S/c1-14-20(28-19(25-14)13-27-16-5-4-9-22-12-16)21(26)23-10-8-15-11-24-18-7-3-2-6-17(15)18/h2-7,9,11-12,24H,8,10,13H2,1H3,(H,23,26). The van der Waals surface area contributed by atoms with Crippen LogP contribution < -0.4 is 10.1 Å². The topological polar surface area (TPSA) is 79.9 Å². The highest BCUT2D eigenvalue weighted by Crippen LogP contribution is 2.21. The minimum atomic E-state index is -0.0949. The average Bonchev–Trinajstić information content (AvgIpc) is 3.31. The van der Waals surface area contributed by atoms with Crippen molar-refractivity contribution in [3.63, 3.8) is 0 Å². The van der Waals surface area contributed by atoms with Gasteiger partial charge in [0, 0.05) is 29.8 Å². The first-order chi connectivity index (χ1) is 13.7.